The molecule has 104 valence electrons. The number of thioether (sulfide) groups is 1. The Morgan fingerprint density at radius 2 is 2.32 bits per heavy atom. The molecule has 2 amide bonds. The molecular formula is C10H11ClN2O5S. The summed E-state index contributed by atoms with van der Waals surface area (Å²) in [7, 11) is 1.36. The lowest BCUT2D eigenvalue weighted by Gasteiger charge is -2.48. The molecule has 0 spiro atoms. The quantitative estimate of drug-likeness (QED) is 0.540. The highest BCUT2D eigenvalue weighted by Crippen LogP contribution is 2.40. The number of nitrogens with one attached hydrogen (secondary N) is 1. The Labute approximate surface area is 117 Å². The van der Waals surface area contributed by atoms with E-state index in [0.717, 1.165) is 4.90 Å². The zero-order valence-electron chi connectivity index (χ0n) is 9.88. The van der Waals surface area contributed by atoms with Gasteiger partial charge in [0.25, 0.3) is 5.91 Å². The largest absolute Gasteiger partial charge is 0.498 e. The average Bonchev–Trinajstić information content (AvgIpc) is 2.42. The predicted molar refractivity (Wildman–Crippen MR) is 67.4 cm³/mol. The maximum absolute atomic E-state index is 11.9. The number of amides is 2. The Bertz CT molecular complexity index is 481. The van der Waals surface area contributed by atoms with Crippen molar-refractivity contribution in [1.29, 1.82) is 0 Å². The molecule has 2 atom stereocenters. The van der Waals surface area contributed by atoms with Gasteiger partial charge in [-0.2, -0.15) is 0 Å². The summed E-state index contributed by atoms with van der Waals surface area (Å²) in [4.78, 5) is 35.4. The van der Waals surface area contributed by atoms with Gasteiger partial charge in [0.15, 0.2) is 5.70 Å². The zero-order chi connectivity index (χ0) is 14.2. The number of fused-ring (bicyclic) bond motifs is 1. The van der Waals surface area contributed by atoms with Crippen molar-refractivity contribution in [3.05, 3.63) is 11.5 Å². The highest BCUT2D eigenvalue weighted by atomic mass is 35.5. The van der Waals surface area contributed by atoms with Gasteiger partial charge < -0.3 is 15.2 Å². The molecule has 19 heavy (non-hydrogen) atoms. The van der Waals surface area contributed by atoms with Crippen LogP contribution in [0.5, 0.6) is 0 Å². The van der Waals surface area contributed by atoms with Crippen LogP contribution in [0.1, 0.15) is 0 Å². The summed E-state index contributed by atoms with van der Waals surface area (Å²) in [5, 5.41) is 11.2. The van der Waals surface area contributed by atoms with Crippen molar-refractivity contribution < 1.29 is 24.2 Å². The number of carboxylic acids is 1. The van der Waals surface area contributed by atoms with Crippen LogP contribution >= 0.6 is 23.4 Å². The van der Waals surface area contributed by atoms with E-state index in [1.165, 1.54) is 18.9 Å². The van der Waals surface area contributed by atoms with E-state index < -0.39 is 29.2 Å². The highest BCUT2D eigenvalue weighted by molar-refractivity contribution is 8.00. The summed E-state index contributed by atoms with van der Waals surface area (Å²) >= 11 is 6.69. The summed E-state index contributed by atoms with van der Waals surface area (Å²) in [5.74, 6) is -1.82. The maximum atomic E-state index is 11.9. The molecule has 2 heterocycles. The number of methoxy groups -OCH3 is 1. The molecule has 2 rings (SSSR count). The molecule has 0 aliphatic carbocycles. The van der Waals surface area contributed by atoms with Crippen LogP contribution in [0.4, 0.5) is 0 Å². The van der Waals surface area contributed by atoms with Crippen LogP contribution in [0, 0.1) is 0 Å². The summed E-state index contributed by atoms with van der Waals surface area (Å²) in [6, 6.07) is -0.732. The molecule has 2 aliphatic rings. The second kappa shape index (κ2) is 5.30. The van der Waals surface area contributed by atoms with Crippen molar-refractivity contribution in [3.63, 3.8) is 0 Å². The minimum atomic E-state index is -1.22. The van der Waals surface area contributed by atoms with Crippen molar-refractivity contribution >= 4 is 41.1 Å². The molecule has 0 unspecified atom stereocenters. The number of ether oxygens (including phenoxy) is 1. The van der Waals surface area contributed by atoms with E-state index in [2.05, 4.69) is 5.32 Å². The minimum absolute atomic E-state index is 0.160. The molecule has 1 fully saturated rings. The topological polar surface area (TPSA) is 95.9 Å². The Hall–Kier alpha value is -1.41. The number of hydrogen-bond acceptors (Lipinski definition) is 5. The van der Waals surface area contributed by atoms with Gasteiger partial charge in [0.1, 0.15) is 23.1 Å². The smallest absolute Gasteiger partial charge is 0.356 e. The maximum Gasteiger partial charge on any atom is 0.356 e. The van der Waals surface area contributed by atoms with Gasteiger partial charge in [-0.3, -0.25) is 14.5 Å². The summed E-state index contributed by atoms with van der Waals surface area (Å²) in [6.45, 7) is 0. The number of nitrogens with zero attached hydrogens (tertiary/aromatic N) is 1. The van der Waals surface area contributed by atoms with Gasteiger partial charge in [-0.25, -0.2) is 4.79 Å². The van der Waals surface area contributed by atoms with Gasteiger partial charge >= 0.3 is 5.97 Å². The Balaban J connectivity index is 2.21. The van der Waals surface area contributed by atoms with E-state index in [1.54, 1.807) is 0 Å². The number of carbonyl (C=O) groups excluding carboxylic acids is 2. The fraction of sp³-hybridized carbons (Fsp3) is 0.500. The first-order chi connectivity index (χ1) is 9.01. The molecule has 2 N–H and O–H groups in total. The number of carbonyl (C=O) groups is 3. The number of aliphatic carboxylic acids is 1. The van der Waals surface area contributed by atoms with Crippen molar-refractivity contribution in [2.45, 2.75) is 11.4 Å². The third-order valence-corrected chi connectivity index (χ3v) is 4.32. The van der Waals surface area contributed by atoms with E-state index in [4.69, 9.17) is 21.4 Å². The SMILES string of the molecule is COC1=C(C(=O)O)N2C(=O)[C@@H](NC(=O)CCl)[C@H]2SC1. The molecule has 2 aliphatic heterocycles. The third-order valence-electron chi connectivity index (χ3n) is 2.82. The summed E-state index contributed by atoms with van der Waals surface area (Å²) in [6.07, 6.45) is 0. The van der Waals surface area contributed by atoms with Crippen LogP contribution in [0.15, 0.2) is 11.5 Å². The minimum Gasteiger partial charge on any atom is -0.498 e. The molecule has 0 aromatic carbocycles. The standard InChI is InChI=1S/C10H11ClN2O5S/c1-18-4-3-19-9-6(12-5(14)2-11)8(15)13(9)7(4)10(16)17/h6,9H,2-3H2,1H3,(H,12,14)(H,16,17)/t6-,9-/m1/s1. The predicted octanol–water partition coefficient (Wildman–Crippen LogP) is -0.432. The van der Waals surface area contributed by atoms with Gasteiger partial charge in [-0.1, -0.05) is 0 Å². The van der Waals surface area contributed by atoms with E-state index in [-0.39, 0.29) is 17.3 Å². The van der Waals surface area contributed by atoms with Crippen LogP contribution in [-0.2, 0) is 19.1 Å². The highest BCUT2D eigenvalue weighted by Gasteiger charge is 2.54. The van der Waals surface area contributed by atoms with Gasteiger partial charge in [-0.05, 0) is 0 Å². The number of alkyl halides is 1. The number of hydrogen-bond donors (Lipinski definition) is 2. The van der Waals surface area contributed by atoms with Crippen molar-refractivity contribution in [1.82, 2.24) is 10.2 Å². The molecule has 9 heteroatoms. The van der Waals surface area contributed by atoms with Crippen LogP contribution < -0.4 is 5.32 Å². The number of halogens is 1. The fourth-order valence-electron chi connectivity index (χ4n) is 1.96. The lowest BCUT2D eigenvalue weighted by Crippen LogP contribution is -2.70. The van der Waals surface area contributed by atoms with Crippen LogP contribution in [0.3, 0.4) is 0 Å². The Kier molecular flexibility index (Phi) is 3.91. The summed E-state index contributed by atoms with van der Waals surface area (Å²) in [5.41, 5.74) is -0.160. The average molecular weight is 307 g/mol. The van der Waals surface area contributed by atoms with E-state index in [9.17, 15) is 14.4 Å². The van der Waals surface area contributed by atoms with E-state index in [0.29, 0.717) is 5.75 Å². The normalized spacial score (nSPS) is 25.6. The first-order valence-electron chi connectivity index (χ1n) is 5.31. The first kappa shape index (κ1) is 14.0. The fourth-order valence-corrected chi connectivity index (χ4v) is 3.35. The van der Waals surface area contributed by atoms with E-state index in [1.807, 2.05) is 0 Å². The molecule has 0 saturated carbocycles. The number of β-lactam (4-membered cyclic amide) rings is 1. The van der Waals surface area contributed by atoms with Gasteiger partial charge in [-0.15, -0.1) is 23.4 Å². The zero-order valence-corrected chi connectivity index (χ0v) is 11.5. The van der Waals surface area contributed by atoms with Gasteiger partial charge in [0.05, 0.1) is 12.9 Å². The second-order valence-corrected chi connectivity index (χ2v) is 5.24. The monoisotopic (exact) mass is 306 g/mol. The molecule has 7 nitrogen and oxygen atoms in total. The van der Waals surface area contributed by atoms with Crippen LogP contribution in [-0.4, -0.2) is 57.9 Å². The second-order valence-electron chi connectivity index (χ2n) is 3.87. The third kappa shape index (κ3) is 2.25. The molecule has 0 aromatic heterocycles. The number of carboxylic acid groups (broad SMARTS) is 1. The van der Waals surface area contributed by atoms with Gasteiger partial charge in [0, 0.05) is 0 Å². The molecule has 0 bridgehead atoms. The Morgan fingerprint density at radius 1 is 1.63 bits per heavy atom. The Morgan fingerprint density at radius 3 is 2.84 bits per heavy atom. The number of rotatable bonds is 4. The van der Waals surface area contributed by atoms with Crippen molar-refractivity contribution in [2.24, 2.45) is 0 Å². The molecular weight excluding hydrogens is 296 g/mol. The first-order valence-corrected chi connectivity index (χ1v) is 6.90. The molecule has 0 aromatic rings. The molecule has 0 radical (unpaired) electrons. The summed E-state index contributed by atoms with van der Waals surface area (Å²) < 4.78 is 4.98. The van der Waals surface area contributed by atoms with Crippen LogP contribution in [0.25, 0.3) is 0 Å². The lowest BCUT2D eigenvalue weighted by atomic mass is 10.0. The van der Waals surface area contributed by atoms with Crippen LogP contribution in [0.2, 0.25) is 0 Å². The van der Waals surface area contributed by atoms with Gasteiger partial charge in [0.2, 0.25) is 5.91 Å². The molecule has 1 saturated heterocycles. The van der Waals surface area contributed by atoms with E-state index >= 15 is 0 Å². The van der Waals surface area contributed by atoms with Crippen molar-refractivity contribution in [2.75, 3.05) is 18.7 Å². The van der Waals surface area contributed by atoms with Crippen molar-refractivity contribution in [3.8, 4) is 0 Å². The lowest BCUT2D eigenvalue weighted by molar-refractivity contribution is -0.151.